The molecule has 3 heterocycles. The largest absolute Gasteiger partial charge is 0.504 e. The van der Waals surface area contributed by atoms with E-state index < -0.39 is 130 Å². The minimum absolute atomic E-state index is 0.0104. The second kappa shape index (κ2) is 27.2. The number of hydrogen-bond donors (Lipinski definition) is 10. The smallest absolute Gasteiger partial charge is 0.331 e. The Morgan fingerprint density at radius 1 is 0.551 bits per heavy atom. The highest BCUT2D eigenvalue weighted by Crippen LogP contribution is 2.42. The number of hydrogen-bond acceptors (Lipinski definition) is 27. The van der Waals surface area contributed by atoms with Gasteiger partial charge >= 0.3 is 17.9 Å². The van der Waals surface area contributed by atoms with Crippen LogP contribution in [0.25, 0.3) is 18.2 Å². The molecule has 0 aliphatic carbocycles. The summed E-state index contributed by atoms with van der Waals surface area (Å²) in [6.07, 6.45) is -19.3. The van der Waals surface area contributed by atoms with E-state index in [4.69, 9.17) is 66.3 Å². The third kappa shape index (κ3) is 13.7. The molecule has 3 aromatic carbocycles. The lowest BCUT2D eigenvalue weighted by atomic mass is 9.97. The number of esters is 3. The van der Waals surface area contributed by atoms with Crippen LogP contribution in [-0.2, 0) is 52.3 Å². The van der Waals surface area contributed by atoms with Gasteiger partial charge in [0.2, 0.25) is 17.3 Å². The molecule has 27 heteroatoms. The monoisotopic (exact) mass is 1110 g/mol. The summed E-state index contributed by atoms with van der Waals surface area (Å²) in [4.78, 5) is 40.7. The van der Waals surface area contributed by atoms with Crippen LogP contribution in [0.1, 0.15) is 16.7 Å². The van der Waals surface area contributed by atoms with Crippen LogP contribution in [0, 0.1) is 0 Å². The van der Waals surface area contributed by atoms with Crippen LogP contribution >= 0.6 is 0 Å². The van der Waals surface area contributed by atoms with Crippen molar-refractivity contribution in [2.24, 2.45) is 0 Å². The first-order valence-corrected chi connectivity index (χ1v) is 23.6. The topological polar surface area (TPSA) is 383 Å². The number of methoxy groups -OCH3 is 6. The highest BCUT2D eigenvalue weighted by molar-refractivity contribution is 5.89. The first kappa shape index (κ1) is 60.4. The Labute approximate surface area is 445 Å². The molecule has 3 aromatic rings. The van der Waals surface area contributed by atoms with Crippen LogP contribution in [0.5, 0.6) is 46.0 Å². The molecular formula is C51H62O27. The Morgan fingerprint density at radius 3 is 1.62 bits per heavy atom. The average Bonchev–Trinajstić information content (AvgIpc) is 3.97. The maximum absolute atomic E-state index is 14.0. The summed E-state index contributed by atoms with van der Waals surface area (Å²) < 4.78 is 78.3. The van der Waals surface area contributed by atoms with Crippen LogP contribution < -0.4 is 28.4 Å². The van der Waals surface area contributed by atoms with Gasteiger partial charge in [-0.05, 0) is 71.3 Å². The molecule has 6 rings (SSSR count). The van der Waals surface area contributed by atoms with Gasteiger partial charge in [-0.2, -0.15) is 0 Å². The van der Waals surface area contributed by atoms with E-state index in [1.807, 2.05) is 0 Å². The van der Waals surface area contributed by atoms with E-state index in [9.17, 15) is 65.4 Å². The molecule has 0 aromatic heterocycles. The first-order chi connectivity index (χ1) is 37.3. The molecule has 0 spiro atoms. The predicted octanol–water partition coefficient (Wildman–Crippen LogP) is -1.32. The SMILES string of the molecule is COc1cc(/C=C/C(=O)O[C@@H]2[C@@H](CO)O[C@@](CO)(O[C@H]3O[C@H](COC(=O)/C=C/c4cc(OC)c(O)c(OC)c4)[C@@H](O)[C@H](O)[C@H]3O[C@@H]3O[C@H](CO)[C@@H](O)[C@H](O)[C@H]3O)[C@H]2OC(=O)/C=C/c2cc(OC)c(OC)c(OC)c2)ccc1O. The number of rotatable bonds is 23. The molecule has 3 aliphatic heterocycles. The van der Waals surface area contributed by atoms with Gasteiger partial charge in [-0.15, -0.1) is 0 Å². The number of ether oxygens (including phenoxy) is 14. The molecule has 3 fully saturated rings. The van der Waals surface area contributed by atoms with Gasteiger partial charge in [-0.3, -0.25) is 0 Å². The number of phenols is 2. The summed E-state index contributed by atoms with van der Waals surface area (Å²) in [5.74, 6) is -6.02. The van der Waals surface area contributed by atoms with Gasteiger partial charge in [0.25, 0.3) is 0 Å². The van der Waals surface area contributed by atoms with E-state index in [0.29, 0.717) is 16.7 Å². The number of aliphatic hydroxyl groups excluding tert-OH is 8. The summed E-state index contributed by atoms with van der Waals surface area (Å²) >= 11 is 0. The van der Waals surface area contributed by atoms with E-state index >= 15 is 0 Å². The van der Waals surface area contributed by atoms with Gasteiger partial charge in [0.15, 0.2) is 59.3 Å². The molecule has 0 amide bonds. The minimum atomic E-state index is -2.83. The van der Waals surface area contributed by atoms with Crippen molar-refractivity contribution >= 4 is 36.1 Å². The fourth-order valence-corrected chi connectivity index (χ4v) is 8.39. The molecule has 27 nitrogen and oxygen atoms in total. The maximum Gasteiger partial charge on any atom is 0.331 e. The van der Waals surface area contributed by atoms with Gasteiger partial charge in [-0.1, -0.05) is 6.07 Å². The highest BCUT2D eigenvalue weighted by atomic mass is 16.8. The standard InChI is InChI=1S/C51H62O27/c1-65-28-15-24(7-11-27(28)55)8-13-37(57)74-46-34(21-53)77-51(23-54,48(46)75-38(58)14-10-26-18-31(68-4)45(70-6)32(19-26)69-5)78-50-47(76-49-44(64)42(62)40(60)33(20-52)72-49)43(63)41(61)35(73-50)22-71-36(56)12-9-25-16-29(66-2)39(59)30(17-25)67-3/h7-19,33-35,40-44,46-50,52-55,59-64H,20-23H2,1-6H3/b12-9+,13-8+,14-10+/t33-,34-,35-,40-,41-,42+,43+,44-,46-,47-,48+,49+,50-,51+/m1/s1. The van der Waals surface area contributed by atoms with Crippen LogP contribution in [-0.4, -0.2) is 224 Å². The molecule has 0 saturated carbocycles. The Bertz CT molecular complexity index is 2570. The molecule has 14 atom stereocenters. The van der Waals surface area contributed by atoms with Crippen molar-refractivity contribution in [3.8, 4) is 46.0 Å². The van der Waals surface area contributed by atoms with Crippen molar-refractivity contribution in [1.82, 2.24) is 0 Å². The van der Waals surface area contributed by atoms with Crippen LogP contribution in [0.2, 0.25) is 0 Å². The number of aromatic hydroxyl groups is 2. The number of carbonyl (C=O) groups is 3. The van der Waals surface area contributed by atoms with Gasteiger partial charge in [0.1, 0.15) is 68.1 Å². The zero-order chi connectivity index (χ0) is 57.0. The van der Waals surface area contributed by atoms with Crippen molar-refractivity contribution in [2.75, 3.05) is 69.1 Å². The summed E-state index contributed by atoms with van der Waals surface area (Å²) in [5, 5.41) is 108. The average molecular weight is 1110 g/mol. The van der Waals surface area contributed by atoms with Gasteiger partial charge in [0.05, 0.1) is 55.9 Å². The zero-order valence-electron chi connectivity index (χ0n) is 42.8. The molecule has 428 valence electrons. The van der Waals surface area contributed by atoms with Crippen LogP contribution in [0.3, 0.4) is 0 Å². The quantitative estimate of drug-likeness (QED) is 0.0299. The summed E-state index contributed by atoms with van der Waals surface area (Å²) in [7, 11) is 8.00. The molecule has 3 saturated heterocycles. The van der Waals surface area contributed by atoms with Crippen molar-refractivity contribution in [1.29, 1.82) is 0 Å². The second-order valence-electron chi connectivity index (χ2n) is 17.3. The molecule has 0 radical (unpaired) electrons. The van der Waals surface area contributed by atoms with E-state index in [2.05, 4.69) is 0 Å². The predicted molar refractivity (Wildman–Crippen MR) is 262 cm³/mol. The molecular weight excluding hydrogens is 1040 g/mol. The lowest BCUT2D eigenvalue weighted by Crippen LogP contribution is -2.66. The van der Waals surface area contributed by atoms with Crippen molar-refractivity contribution in [3.05, 3.63) is 77.4 Å². The molecule has 10 N–H and O–H groups in total. The van der Waals surface area contributed by atoms with Crippen LogP contribution in [0.15, 0.2) is 60.7 Å². The summed E-state index contributed by atoms with van der Waals surface area (Å²) in [6.45, 7) is -4.18. The number of benzene rings is 3. The Balaban J connectivity index is 1.36. The van der Waals surface area contributed by atoms with E-state index in [0.717, 1.165) is 18.2 Å². The Kier molecular flexibility index (Phi) is 21.0. The molecule has 78 heavy (non-hydrogen) atoms. The first-order valence-electron chi connectivity index (χ1n) is 23.6. The number of carbonyl (C=O) groups excluding carboxylic acids is 3. The van der Waals surface area contributed by atoms with Gasteiger partial charge in [-0.25, -0.2) is 14.4 Å². The van der Waals surface area contributed by atoms with E-state index in [1.165, 1.54) is 103 Å². The third-order valence-corrected chi connectivity index (χ3v) is 12.5. The summed E-state index contributed by atoms with van der Waals surface area (Å²) in [5.41, 5.74) is 0.952. The van der Waals surface area contributed by atoms with Gasteiger partial charge < -0.3 is 117 Å². The Hall–Kier alpha value is -6.83. The third-order valence-electron chi connectivity index (χ3n) is 12.5. The fraction of sp³-hybridized carbons (Fsp3) is 0.471. The number of phenolic OH excluding ortho intramolecular Hbond substituents is 2. The number of aliphatic hydroxyl groups is 8. The zero-order valence-corrected chi connectivity index (χ0v) is 42.8. The Morgan fingerprint density at radius 2 is 1.06 bits per heavy atom. The normalized spacial score (nSPS) is 29.1. The van der Waals surface area contributed by atoms with Crippen molar-refractivity contribution < 1.29 is 132 Å². The van der Waals surface area contributed by atoms with E-state index in [-0.39, 0.29) is 46.0 Å². The maximum atomic E-state index is 14.0. The van der Waals surface area contributed by atoms with E-state index in [1.54, 1.807) is 0 Å². The lowest BCUT2D eigenvalue weighted by Gasteiger charge is -2.47. The van der Waals surface area contributed by atoms with Crippen molar-refractivity contribution in [3.63, 3.8) is 0 Å². The second-order valence-corrected chi connectivity index (χ2v) is 17.3. The van der Waals surface area contributed by atoms with Gasteiger partial charge in [0, 0.05) is 18.2 Å². The summed E-state index contributed by atoms with van der Waals surface area (Å²) in [6, 6.07) is 9.84. The fourth-order valence-electron chi connectivity index (χ4n) is 8.39. The lowest BCUT2D eigenvalue weighted by molar-refractivity contribution is -0.408. The molecule has 3 aliphatic rings. The molecule has 0 unspecified atom stereocenters. The van der Waals surface area contributed by atoms with Crippen molar-refractivity contribution in [2.45, 2.75) is 85.5 Å². The molecule has 0 bridgehead atoms. The van der Waals surface area contributed by atoms with Crippen LogP contribution in [0.4, 0.5) is 0 Å². The minimum Gasteiger partial charge on any atom is -0.504 e. The highest BCUT2D eigenvalue weighted by Gasteiger charge is 2.63.